The van der Waals surface area contributed by atoms with Gasteiger partial charge in [-0.2, -0.15) is 0 Å². The van der Waals surface area contributed by atoms with E-state index in [4.69, 9.17) is 0 Å². The zero-order valence-electron chi connectivity index (χ0n) is 14.7. The number of phenolic OH excluding ortho intramolecular Hbond substituents is 1. The molecule has 2 N–H and O–H groups in total. The molecule has 1 fully saturated rings. The fourth-order valence-electron chi connectivity index (χ4n) is 4.09. The number of rotatable bonds is 5. The molecular formula is C22H26O3. The Kier molecular flexibility index (Phi) is 5.42. The maximum atomic E-state index is 11.4. The van der Waals surface area contributed by atoms with Crippen LogP contribution in [0.15, 0.2) is 42.5 Å². The molecule has 0 bridgehead atoms. The van der Waals surface area contributed by atoms with Crippen molar-refractivity contribution < 1.29 is 15.0 Å². The summed E-state index contributed by atoms with van der Waals surface area (Å²) in [5.74, 6) is 0.614. The molecule has 3 nitrogen and oxygen atoms in total. The molecule has 0 saturated heterocycles. The maximum absolute atomic E-state index is 11.4. The van der Waals surface area contributed by atoms with Gasteiger partial charge < -0.3 is 10.2 Å². The molecule has 0 radical (unpaired) electrons. The van der Waals surface area contributed by atoms with Gasteiger partial charge in [-0.1, -0.05) is 44.0 Å². The van der Waals surface area contributed by atoms with Gasteiger partial charge in [0, 0.05) is 0 Å². The van der Waals surface area contributed by atoms with E-state index in [1.807, 2.05) is 12.1 Å². The van der Waals surface area contributed by atoms with Crippen LogP contribution < -0.4 is 0 Å². The zero-order valence-corrected chi connectivity index (χ0v) is 14.7. The van der Waals surface area contributed by atoms with Crippen LogP contribution >= 0.6 is 0 Å². The van der Waals surface area contributed by atoms with Crippen molar-refractivity contribution in [2.75, 3.05) is 0 Å². The molecule has 1 saturated carbocycles. The van der Waals surface area contributed by atoms with Crippen LogP contribution in [0, 0.1) is 5.92 Å². The van der Waals surface area contributed by atoms with Crippen LogP contribution in [0.5, 0.6) is 5.75 Å². The fourth-order valence-corrected chi connectivity index (χ4v) is 4.09. The number of carboxylic acid groups (broad SMARTS) is 1. The second-order valence-corrected chi connectivity index (χ2v) is 7.16. The predicted octanol–water partition coefficient (Wildman–Crippen LogP) is 5.83. The van der Waals surface area contributed by atoms with Crippen LogP contribution in [0.3, 0.4) is 0 Å². The van der Waals surface area contributed by atoms with Gasteiger partial charge in [0.2, 0.25) is 0 Å². The van der Waals surface area contributed by atoms with Crippen LogP contribution in [0.1, 0.15) is 67.3 Å². The van der Waals surface area contributed by atoms with E-state index in [2.05, 4.69) is 19.1 Å². The van der Waals surface area contributed by atoms with E-state index >= 15 is 0 Å². The molecular weight excluding hydrogens is 312 g/mol. The van der Waals surface area contributed by atoms with E-state index in [1.165, 1.54) is 62.3 Å². The minimum Gasteiger partial charge on any atom is -0.508 e. The average molecular weight is 338 g/mol. The first-order chi connectivity index (χ1) is 12.1. The summed E-state index contributed by atoms with van der Waals surface area (Å²) in [6.45, 7) is 2.26. The minimum atomic E-state index is -0.978. The number of phenols is 1. The molecule has 25 heavy (non-hydrogen) atoms. The molecule has 0 aromatic heterocycles. The van der Waals surface area contributed by atoms with Gasteiger partial charge in [-0.25, -0.2) is 4.79 Å². The van der Waals surface area contributed by atoms with E-state index in [-0.39, 0.29) is 11.3 Å². The normalized spacial score (nSPS) is 20.4. The lowest BCUT2D eigenvalue weighted by Gasteiger charge is -2.28. The van der Waals surface area contributed by atoms with Crippen molar-refractivity contribution >= 4 is 5.97 Å². The number of carbonyl (C=O) groups is 1. The molecule has 3 rings (SSSR count). The summed E-state index contributed by atoms with van der Waals surface area (Å²) in [6.07, 6.45) is 7.75. The van der Waals surface area contributed by atoms with E-state index in [0.29, 0.717) is 11.5 Å². The summed E-state index contributed by atoms with van der Waals surface area (Å²) >= 11 is 0. The Morgan fingerprint density at radius 3 is 2.32 bits per heavy atom. The molecule has 2 aromatic rings. The van der Waals surface area contributed by atoms with Crippen molar-refractivity contribution in [2.24, 2.45) is 5.92 Å². The van der Waals surface area contributed by atoms with Gasteiger partial charge in [-0.3, -0.25) is 0 Å². The van der Waals surface area contributed by atoms with E-state index in [1.54, 1.807) is 0 Å². The van der Waals surface area contributed by atoms with Gasteiger partial charge in [0.05, 0.1) is 5.56 Å². The number of aromatic carboxylic acids is 1. The highest BCUT2D eigenvalue weighted by Crippen LogP contribution is 2.38. The summed E-state index contributed by atoms with van der Waals surface area (Å²) in [6, 6.07) is 12.6. The molecule has 3 heteroatoms. The average Bonchev–Trinajstić information content (AvgIpc) is 2.62. The van der Waals surface area contributed by atoms with Crippen LogP contribution in [-0.2, 0) is 0 Å². The number of hydrogen-bond acceptors (Lipinski definition) is 2. The Balaban J connectivity index is 1.78. The third-order valence-electron chi connectivity index (χ3n) is 5.47. The van der Waals surface area contributed by atoms with Gasteiger partial charge >= 0.3 is 5.97 Å². The Labute approximate surface area is 149 Å². The summed E-state index contributed by atoms with van der Waals surface area (Å²) < 4.78 is 0. The molecule has 132 valence electrons. The van der Waals surface area contributed by atoms with E-state index in [9.17, 15) is 15.0 Å². The molecule has 0 aliphatic heterocycles. The highest BCUT2D eigenvalue weighted by atomic mass is 16.4. The number of hydrogen-bond donors (Lipinski definition) is 2. The third kappa shape index (κ3) is 4.04. The van der Waals surface area contributed by atoms with E-state index in [0.717, 1.165) is 11.5 Å². The van der Waals surface area contributed by atoms with Crippen molar-refractivity contribution in [3.63, 3.8) is 0 Å². The Morgan fingerprint density at radius 2 is 1.72 bits per heavy atom. The first-order valence-corrected chi connectivity index (χ1v) is 9.25. The van der Waals surface area contributed by atoms with Crippen molar-refractivity contribution in [3.8, 4) is 16.9 Å². The van der Waals surface area contributed by atoms with Crippen LogP contribution in [0.2, 0.25) is 0 Å². The lowest BCUT2D eigenvalue weighted by Crippen LogP contribution is -2.13. The second kappa shape index (κ2) is 7.73. The van der Waals surface area contributed by atoms with Gasteiger partial charge in [0.25, 0.3) is 0 Å². The van der Waals surface area contributed by atoms with Crippen molar-refractivity contribution in [3.05, 3.63) is 53.6 Å². The maximum Gasteiger partial charge on any atom is 0.336 e. The monoisotopic (exact) mass is 338 g/mol. The van der Waals surface area contributed by atoms with Crippen LogP contribution in [0.4, 0.5) is 0 Å². The lowest BCUT2D eigenvalue weighted by molar-refractivity contribution is 0.0697. The van der Waals surface area contributed by atoms with Gasteiger partial charge in [0.15, 0.2) is 0 Å². The number of benzene rings is 2. The first-order valence-electron chi connectivity index (χ1n) is 9.25. The third-order valence-corrected chi connectivity index (χ3v) is 5.47. The van der Waals surface area contributed by atoms with Gasteiger partial charge in [-0.15, -0.1) is 0 Å². The molecule has 0 heterocycles. The fraction of sp³-hybridized carbons (Fsp3) is 0.409. The van der Waals surface area contributed by atoms with Crippen LogP contribution in [-0.4, -0.2) is 16.2 Å². The Morgan fingerprint density at radius 1 is 1.04 bits per heavy atom. The lowest BCUT2D eigenvalue weighted by atomic mass is 9.77. The van der Waals surface area contributed by atoms with Gasteiger partial charge in [0.1, 0.15) is 5.75 Å². The first kappa shape index (κ1) is 17.5. The molecule has 0 spiro atoms. The molecule has 0 amide bonds. The predicted molar refractivity (Wildman–Crippen MR) is 100 cm³/mol. The SMILES string of the molecule is CCCC1CCC(c2ccc(-c3cc(O)ccc3C(=O)O)cc2)CC1. The summed E-state index contributed by atoms with van der Waals surface area (Å²) in [5, 5.41) is 19.1. The topological polar surface area (TPSA) is 57.5 Å². The smallest absolute Gasteiger partial charge is 0.336 e. The highest BCUT2D eigenvalue weighted by Gasteiger charge is 2.22. The highest BCUT2D eigenvalue weighted by molar-refractivity contribution is 5.96. The molecule has 0 unspecified atom stereocenters. The summed E-state index contributed by atoms with van der Waals surface area (Å²) in [4.78, 5) is 11.4. The molecule has 2 aromatic carbocycles. The van der Waals surface area contributed by atoms with Crippen LogP contribution in [0.25, 0.3) is 11.1 Å². The minimum absolute atomic E-state index is 0.0818. The number of aromatic hydroxyl groups is 1. The quantitative estimate of drug-likeness (QED) is 0.721. The zero-order chi connectivity index (χ0) is 17.8. The standard InChI is InChI=1S/C22H26O3/c1-2-3-15-4-6-16(7-5-15)17-8-10-18(11-9-17)21-14-19(23)12-13-20(21)22(24)25/h8-16,23H,2-7H2,1H3,(H,24,25). The molecule has 1 aliphatic rings. The van der Waals surface area contributed by atoms with Gasteiger partial charge in [-0.05, 0) is 72.4 Å². The molecule has 0 atom stereocenters. The Hall–Kier alpha value is -2.29. The summed E-state index contributed by atoms with van der Waals surface area (Å²) in [7, 11) is 0. The van der Waals surface area contributed by atoms with E-state index < -0.39 is 5.97 Å². The second-order valence-electron chi connectivity index (χ2n) is 7.16. The summed E-state index contributed by atoms with van der Waals surface area (Å²) in [5.41, 5.74) is 2.95. The number of carboxylic acids is 1. The van der Waals surface area contributed by atoms with Crippen molar-refractivity contribution in [1.29, 1.82) is 0 Å². The van der Waals surface area contributed by atoms with Crippen molar-refractivity contribution in [2.45, 2.75) is 51.4 Å². The Bertz CT molecular complexity index is 725. The van der Waals surface area contributed by atoms with Crippen molar-refractivity contribution in [1.82, 2.24) is 0 Å². The largest absolute Gasteiger partial charge is 0.508 e. The molecule has 1 aliphatic carbocycles.